The second kappa shape index (κ2) is 9.88. The molecule has 0 aliphatic carbocycles. The number of aliphatic imine (C=N–C) groups is 1. The van der Waals surface area contributed by atoms with Crippen LogP contribution in [0.15, 0.2) is 59.6 Å². The number of rotatable bonds is 7. The fraction of sp³-hybridized carbons (Fsp3) is 0.409. The zero-order valence-corrected chi connectivity index (χ0v) is 16.9. The van der Waals surface area contributed by atoms with Crippen LogP contribution in [0.5, 0.6) is 11.5 Å². The lowest BCUT2D eigenvalue weighted by molar-refractivity contribution is 0.223. The van der Waals surface area contributed by atoms with Crippen molar-refractivity contribution >= 4 is 11.6 Å². The highest BCUT2D eigenvalue weighted by Gasteiger charge is 2.23. The molecular formula is C22H30N4O2. The Morgan fingerprint density at radius 3 is 2.54 bits per heavy atom. The van der Waals surface area contributed by atoms with E-state index in [-0.39, 0.29) is 6.10 Å². The summed E-state index contributed by atoms with van der Waals surface area (Å²) in [5, 5.41) is 6.89. The molecule has 28 heavy (non-hydrogen) atoms. The summed E-state index contributed by atoms with van der Waals surface area (Å²) in [4.78, 5) is 6.76. The minimum absolute atomic E-state index is 0.0105. The van der Waals surface area contributed by atoms with Gasteiger partial charge in [-0.05, 0) is 49.7 Å². The molecule has 1 saturated heterocycles. The van der Waals surface area contributed by atoms with Crippen molar-refractivity contribution in [3.05, 3.63) is 54.6 Å². The molecule has 150 valence electrons. The number of anilines is 1. The van der Waals surface area contributed by atoms with Crippen LogP contribution in [0.3, 0.4) is 0 Å². The normalized spacial score (nSPS) is 17.9. The fourth-order valence-electron chi connectivity index (χ4n) is 3.31. The predicted octanol–water partition coefficient (Wildman–Crippen LogP) is 2.91. The van der Waals surface area contributed by atoms with Crippen molar-refractivity contribution in [2.45, 2.75) is 25.5 Å². The maximum Gasteiger partial charge on any atom is 0.191 e. The predicted molar refractivity (Wildman–Crippen MR) is 115 cm³/mol. The number of nitrogens with zero attached hydrogens (tertiary/aromatic N) is 2. The summed E-state index contributed by atoms with van der Waals surface area (Å²) < 4.78 is 11.1. The van der Waals surface area contributed by atoms with Crippen LogP contribution in [0.1, 0.15) is 13.3 Å². The van der Waals surface area contributed by atoms with Gasteiger partial charge < -0.3 is 25.0 Å². The van der Waals surface area contributed by atoms with Gasteiger partial charge in [-0.1, -0.05) is 18.2 Å². The second-order valence-electron chi connectivity index (χ2n) is 6.97. The van der Waals surface area contributed by atoms with Gasteiger partial charge in [0, 0.05) is 31.9 Å². The van der Waals surface area contributed by atoms with Crippen LogP contribution in [0.4, 0.5) is 5.69 Å². The molecule has 0 spiro atoms. The van der Waals surface area contributed by atoms with Gasteiger partial charge >= 0.3 is 0 Å². The molecule has 2 N–H and O–H groups in total. The first kappa shape index (κ1) is 19.9. The number of para-hydroxylation sites is 1. The third kappa shape index (κ3) is 5.55. The molecule has 2 unspecified atom stereocenters. The Balaban J connectivity index is 1.43. The lowest BCUT2D eigenvalue weighted by Crippen LogP contribution is -2.47. The van der Waals surface area contributed by atoms with Crippen LogP contribution in [0.2, 0.25) is 0 Å². The molecule has 1 fully saturated rings. The molecule has 1 aliphatic rings. The summed E-state index contributed by atoms with van der Waals surface area (Å²) in [6.07, 6.45) is 1.10. The Labute approximate surface area is 167 Å². The SMILES string of the molecule is CN=C(NCC(C)Oc1ccc(OC)cc1)NC1CCN(c2ccccc2)C1. The van der Waals surface area contributed by atoms with Crippen molar-refractivity contribution in [2.75, 3.05) is 38.7 Å². The Kier molecular flexibility index (Phi) is 7.00. The molecule has 0 radical (unpaired) electrons. The van der Waals surface area contributed by atoms with Gasteiger partial charge in [-0.2, -0.15) is 0 Å². The Bertz CT molecular complexity index is 749. The summed E-state index contributed by atoms with van der Waals surface area (Å²) in [6.45, 7) is 4.73. The molecule has 2 aromatic rings. The van der Waals surface area contributed by atoms with Crippen molar-refractivity contribution in [1.82, 2.24) is 10.6 Å². The Hall–Kier alpha value is -2.89. The topological polar surface area (TPSA) is 58.1 Å². The van der Waals surface area contributed by atoms with Crippen LogP contribution in [-0.4, -0.2) is 51.9 Å². The Morgan fingerprint density at radius 1 is 1.14 bits per heavy atom. The number of hydrogen-bond acceptors (Lipinski definition) is 4. The van der Waals surface area contributed by atoms with Crippen molar-refractivity contribution in [3.63, 3.8) is 0 Å². The number of nitrogens with one attached hydrogen (secondary N) is 2. The standard InChI is InChI=1S/C22H30N4O2/c1-17(28-21-11-9-20(27-3)10-12-21)15-24-22(23-2)25-18-13-14-26(16-18)19-7-5-4-6-8-19/h4-12,17-18H,13-16H2,1-3H3,(H2,23,24,25). The van der Waals surface area contributed by atoms with Crippen molar-refractivity contribution in [2.24, 2.45) is 4.99 Å². The van der Waals surface area contributed by atoms with E-state index < -0.39 is 0 Å². The van der Waals surface area contributed by atoms with Crippen molar-refractivity contribution in [3.8, 4) is 11.5 Å². The molecule has 1 heterocycles. The quantitative estimate of drug-likeness (QED) is 0.570. The fourth-order valence-corrected chi connectivity index (χ4v) is 3.31. The van der Waals surface area contributed by atoms with Crippen LogP contribution in [-0.2, 0) is 0 Å². The molecule has 3 rings (SSSR count). The van der Waals surface area contributed by atoms with Crippen molar-refractivity contribution < 1.29 is 9.47 Å². The number of benzene rings is 2. The largest absolute Gasteiger partial charge is 0.497 e. The van der Waals surface area contributed by atoms with Gasteiger partial charge in [0.2, 0.25) is 0 Å². The highest BCUT2D eigenvalue weighted by Crippen LogP contribution is 2.20. The summed E-state index contributed by atoms with van der Waals surface area (Å²) in [5.74, 6) is 2.46. The van der Waals surface area contributed by atoms with E-state index in [0.717, 1.165) is 37.0 Å². The van der Waals surface area contributed by atoms with Crippen LogP contribution in [0.25, 0.3) is 0 Å². The van der Waals surface area contributed by atoms with Gasteiger partial charge in [-0.3, -0.25) is 4.99 Å². The van der Waals surface area contributed by atoms with Gasteiger partial charge in [-0.25, -0.2) is 0 Å². The van der Waals surface area contributed by atoms with E-state index in [2.05, 4.69) is 50.9 Å². The number of methoxy groups -OCH3 is 1. The van der Waals surface area contributed by atoms with E-state index in [1.54, 1.807) is 14.2 Å². The second-order valence-corrected chi connectivity index (χ2v) is 6.97. The smallest absolute Gasteiger partial charge is 0.191 e. The average molecular weight is 383 g/mol. The molecule has 6 nitrogen and oxygen atoms in total. The van der Waals surface area contributed by atoms with Gasteiger partial charge in [0.15, 0.2) is 5.96 Å². The van der Waals surface area contributed by atoms with E-state index in [1.165, 1.54) is 5.69 Å². The molecule has 6 heteroatoms. The lowest BCUT2D eigenvalue weighted by Gasteiger charge is -2.21. The van der Waals surface area contributed by atoms with Crippen LogP contribution < -0.4 is 25.0 Å². The maximum absolute atomic E-state index is 5.94. The lowest BCUT2D eigenvalue weighted by atomic mass is 10.2. The number of hydrogen-bond donors (Lipinski definition) is 2. The molecule has 0 bridgehead atoms. The number of guanidine groups is 1. The first-order valence-electron chi connectivity index (χ1n) is 9.76. The molecular weight excluding hydrogens is 352 g/mol. The first-order chi connectivity index (χ1) is 13.7. The summed E-state index contributed by atoms with van der Waals surface area (Å²) in [6, 6.07) is 18.5. The highest BCUT2D eigenvalue weighted by atomic mass is 16.5. The summed E-state index contributed by atoms with van der Waals surface area (Å²) in [7, 11) is 3.46. The molecule has 1 aliphatic heterocycles. The summed E-state index contributed by atoms with van der Waals surface area (Å²) in [5.41, 5.74) is 1.27. The maximum atomic E-state index is 5.94. The van der Waals surface area contributed by atoms with Crippen LogP contribution >= 0.6 is 0 Å². The van der Waals surface area contributed by atoms with Crippen molar-refractivity contribution in [1.29, 1.82) is 0 Å². The summed E-state index contributed by atoms with van der Waals surface area (Å²) >= 11 is 0. The molecule has 0 aromatic heterocycles. The van der Waals surface area contributed by atoms with Gasteiger partial charge in [0.05, 0.1) is 13.7 Å². The monoisotopic (exact) mass is 382 g/mol. The third-order valence-corrected chi connectivity index (χ3v) is 4.83. The van der Waals surface area contributed by atoms with E-state index in [1.807, 2.05) is 31.2 Å². The zero-order chi connectivity index (χ0) is 19.8. The van der Waals surface area contributed by atoms with Crippen LogP contribution in [0, 0.1) is 0 Å². The van der Waals surface area contributed by atoms with E-state index >= 15 is 0 Å². The molecule has 0 amide bonds. The van der Waals surface area contributed by atoms with E-state index in [9.17, 15) is 0 Å². The molecule has 0 saturated carbocycles. The zero-order valence-electron chi connectivity index (χ0n) is 16.9. The van der Waals surface area contributed by atoms with Gasteiger partial charge in [0.25, 0.3) is 0 Å². The van der Waals surface area contributed by atoms with E-state index in [4.69, 9.17) is 9.47 Å². The highest BCUT2D eigenvalue weighted by molar-refractivity contribution is 5.80. The van der Waals surface area contributed by atoms with Gasteiger partial charge in [0.1, 0.15) is 17.6 Å². The third-order valence-electron chi connectivity index (χ3n) is 4.83. The minimum Gasteiger partial charge on any atom is -0.497 e. The Morgan fingerprint density at radius 2 is 1.86 bits per heavy atom. The molecule has 2 atom stereocenters. The van der Waals surface area contributed by atoms with Gasteiger partial charge in [-0.15, -0.1) is 0 Å². The van der Waals surface area contributed by atoms with E-state index in [0.29, 0.717) is 12.6 Å². The average Bonchev–Trinajstić information content (AvgIpc) is 3.21. The number of ether oxygens (including phenoxy) is 2. The first-order valence-corrected chi connectivity index (χ1v) is 9.76. The molecule has 2 aromatic carbocycles. The minimum atomic E-state index is 0.0105.